The average molecular weight is 351 g/mol. The lowest BCUT2D eigenvalue weighted by Crippen LogP contribution is -2.08. The summed E-state index contributed by atoms with van der Waals surface area (Å²) in [4.78, 5) is 21.4. The molecule has 8 nitrogen and oxygen atoms in total. The topological polar surface area (TPSA) is 102 Å². The van der Waals surface area contributed by atoms with Crippen molar-refractivity contribution in [2.75, 3.05) is 18.5 Å². The van der Waals surface area contributed by atoms with Crippen molar-refractivity contribution in [1.82, 2.24) is 29.5 Å². The molecule has 0 aliphatic carbocycles. The van der Waals surface area contributed by atoms with Gasteiger partial charge in [-0.25, -0.2) is 24.3 Å². The number of anilines is 1. The van der Waals surface area contributed by atoms with Gasteiger partial charge in [0.15, 0.2) is 0 Å². The van der Waals surface area contributed by atoms with Crippen LogP contribution in [-0.4, -0.2) is 47.7 Å². The van der Waals surface area contributed by atoms with Crippen LogP contribution >= 0.6 is 0 Å². The summed E-state index contributed by atoms with van der Waals surface area (Å²) in [6.07, 6.45) is 7.73. The van der Waals surface area contributed by atoms with Crippen molar-refractivity contribution in [1.29, 1.82) is 0 Å². The van der Waals surface area contributed by atoms with E-state index in [1.807, 2.05) is 0 Å². The highest BCUT2D eigenvalue weighted by molar-refractivity contribution is 5.81. The maximum Gasteiger partial charge on any atom is 0.222 e. The minimum Gasteiger partial charge on any atom is -0.395 e. The molecule has 0 amide bonds. The fourth-order valence-electron chi connectivity index (χ4n) is 2.55. The van der Waals surface area contributed by atoms with Crippen molar-refractivity contribution < 1.29 is 9.50 Å². The number of aliphatic hydroxyl groups is 1. The Labute approximate surface area is 147 Å². The number of aliphatic hydroxyl groups excluding tert-OH is 1. The van der Waals surface area contributed by atoms with Crippen molar-refractivity contribution >= 4 is 17.0 Å². The Bertz CT molecular complexity index is 1030. The van der Waals surface area contributed by atoms with E-state index in [9.17, 15) is 4.39 Å². The van der Waals surface area contributed by atoms with E-state index in [1.165, 1.54) is 6.07 Å². The fraction of sp³-hybridized carbons (Fsp3) is 0.118. The number of hydrogen-bond acceptors (Lipinski definition) is 7. The van der Waals surface area contributed by atoms with Crippen LogP contribution in [0.25, 0.3) is 28.2 Å². The van der Waals surface area contributed by atoms with E-state index in [0.29, 0.717) is 29.7 Å². The molecule has 2 N–H and O–H groups in total. The van der Waals surface area contributed by atoms with Gasteiger partial charge in [-0.3, -0.25) is 9.55 Å². The molecule has 0 unspecified atom stereocenters. The summed E-state index contributed by atoms with van der Waals surface area (Å²) in [6.45, 7) is 0.354. The molecule has 130 valence electrons. The molecule has 9 heteroatoms. The van der Waals surface area contributed by atoms with E-state index in [2.05, 4.69) is 30.2 Å². The highest BCUT2D eigenvalue weighted by Crippen LogP contribution is 2.26. The number of fused-ring (bicyclic) bond motifs is 1. The zero-order valence-corrected chi connectivity index (χ0v) is 13.5. The Morgan fingerprint density at radius 2 is 1.88 bits per heavy atom. The Morgan fingerprint density at radius 3 is 2.62 bits per heavy atom. The summed E-state index contributed by atoms with van der Waals surface area (Å²) in [5.41, 5.74) is 2.13. The smallest absolute Gasteiger partial charge is 0.222 e. The third-order valence-electron chi connectivity index (χ3n) is 3.70. The molecule has 0 saturated carbocycles. The molecule has 4 rings (SSSR count). The molecule has 0 aliphatic heterocycles. The SMILES string of the molecule is OCCNc1ncc(-c2nc3ccncc3n2-c2ccc(F)cn2)cn1. The van der Waals surface area contributed by atoms with Gasteiger partial charge < -0.3 is 10.4 Å². The molecular weight excluding hydrogens is 337 g/mol. The van der Waals surface area contributed by atoms with Gasteiger partial charge >= 0.3 is 0 Å². The Hall–Kier alpha value is -3.46. The summed E-state index contributed by atoms with van der Waals surface area (Å²) < 4.78 is 15.0. The number of aromatic nitrogens is 6. The Balaban J connectivity index is 1.84. The third-order valence-corrected chi connectivity index (χ3v) is 3.70. The fourth-order valence-corrected chi connectivity index (χ4v) is 2.55. The molecule has 0 fully saturated rings. The van der Waals surface area contributed by atoms with Gasteiger partial charge in [-0.1, -0.05) is 0 Å². The number of imidazole rings is 1. The molecule has 0 saturated heterocycles. The van der Waals surface area contributed by atoms with Crippen LogP contribution in [0.4, 0.5) is 10.3 Å². The minimum atomic E-state index is -0.416. The molecule has 0 aromatic carbocycles. The van der Waals surface area contributed by atoms with E-state index in [4.69, 9.17) is 5.11 Å². The predicted octanol–water partition coefficient (Wildman–Crippen LogP) is 1.82. The average Bonchev–Trinajstić information content (AvgIpc) is 3.07. The summed E-state index contributed by atoms with van der Waals surface area (Å²) in [6, 6.07) is 4.70. The van der Waals surface area contributed by atoms with Gasteiger partial charge in [0.1, 0.15) is 17.5 Å². The first-order chi connectivity index (χ1) is 12.8. The third kappa shape index (κ3) is 2.95. The van der Waals surface area contributed by atoms with Gasteiger partial charge in [-0.15, -0.1) is 0 Å². The summed E-state index contributed by atoms with van der Waals surface area (Å²) in [5.74, 6) is 1.08. The summed E-state index contributed by atoms with van der Waals surface area (Å²) in [5, 5.41) is 11.7. The Kier molecular flexibility index (Phi) is 4.20. The standard InChI is InChI=1S/C17H14FN7O/c18-12-1-2-15(21-9-12)25-14-10-19-4-3-13(14)24-16(25)11-7-22-17(23-8-11)20-5-6-26/h1-4,7-10,26H,5-6H2,(H,20,22,23). The van der Waals surface area contributed by atoms with E-state index < -0.39 is 5.82 Å². The summed E-state index contributed by atoms with van der Waals surface area (Å²) in [7, 11) is 0. The van der Waals surface area contributed by atoms with Crippen LogP contribution in [-0.2, 0) is 0 Å². The first-order valence-electron chi connectivity index (χ1n) is 7.88. The molecule has 26 heavy (non-hydrogen) atoms. The van der Waals surface area contributed by atoms with Crippen molar-refractivity contribution in [3.8, 4) is 17.2 Å². The molecule has 4 aromatic rings. The first-order valence-corrected chi connectivity index (χ1v) is 7.88. The summed E-state index contributed by atoms with van der Waals surface area (Å²) >= 11 is 0. The van der Waals surface area contributed by atoms with Crippen LogP contribution in [0.1, 0.15) is 0 Å². The lowest BCUT2D eigenvalue weighted by molar-refractivity contribution is 0.311. The first kappa shape index (κ1) is 16.0. The largest absolute Gasteiger partial charge is 0.395 e. The van der Waals surface area contributed by atoms with Gasteiger partial charge in [0.2, 0.25) is 5.95 Å². The number of nitrogens with one attached hydrogen (secondary N) is 1. The number of halogens is 1. The van der Waals surface area contributed by atoms with E-state index in [-0.39, 0.29) is 6.61 Å². The molecule has 0 radical (unpaired) electrons. The van der Waals surface area contributed by atoms with Crippen LogP contribution in [0.5, 0.6) is 0 Å². The molecule has 0 aliphatic rings. The number of hydrogen-bond donors (Lipinski definition) is 2. The van der Waals surface area contributed by atoms with Crippen molar-refractivity contribution in [2.24, 2.45) is 0 Å². The van der Waals surface area contributed by atoms with E-state index >= 15 is 0 Å². The zero-order valence-electron chi connectivity index (χ0n) is 13.5. The maximum absolute atomic E-state index is 13.3. The number of rotatable bonds is 5. The molecule has 0 atom stereocenters. The van der Waals surface area contributed by atoms with Gasteiger partial charge in [-0.05, 0) is 18.2 Å². The van der Waals surface area contributed by atoms with Crippen molar-refractivity contribution in [3.63, 3.8) is 0 Å². The Morgan fingerprint density at radius 1 is 1.04 bits per heavy atom. The molecule has 4 heterocycles. The van der Waals surface area contributed by atoms with Crippen LogP contribution in [0.3, 0.4) is 0 Å². The van der Waals surface area contributed by atoms with Crippen LogP contribution in [0, 0.1) is 5.82 Å². The molecular formula is C17H14FN7O. The highest BCUT2D eigenvalue weighted by atomic mass is 19.1. The van der Waals surface area contributed by atoms with Crippen LogP contribution in [0.15, 0.2) is 49.2 Å². The zero-order chi connectivity index (χ0) is 17.9. The van der Waals surface area contributed by atoms with Gasteiger partial charge in [0, 0.05) is 25.1 Å². The number of nitrogens with zero attached hydrogens (tertiary/aromatic N) is 6. The van der Waals surface area contributed by atoms with Crippen molar-refractivity contribution in [3.05, 3.63) is 55.0 Å². The van der Waals surface area contributed by atoms with Gasteiger partial charge in [-0.2, -0.15) is 0 Å². The molecule has 4 aromatic heterocycles. The highest BCUT2D eigenvalue weighted by Gasteiger charge is 2.16. The second-order valence-corrected chi connectivity index (χ2v) is 5.42. The van der Waals surface area contributed by atoms with Crippen molar-refractivity contribution in [2.45, 2.75) is 0 Å². The van der Waals surface area contributed by atoms with E-state index in [1.54, 1.807) is 41.5 Å². The van der Waals surface area contributed by atoms with Gasteiger partial charge in [0.25, 0.3) is 0 Å². The van der Waals surface area contributed by atoms with Gasteiger partial charge in [0.05, 0.1) is 35.6 Å². The molecule has 0 bridgehead atoms. The van der Waals surface area contributed by atoms with Crippen LogP contribution < -0.4 is 5.32 Å². The predicted molar refractivity (Wildman–Crippen MR) is 93.2 cm³/mol. The monoisotopic (exact) mass is 351 g/mol. The van der Waals surface area contributed by atoms with E-state index in [0.717, 1.165) is 17.2 Å². The lowest BCUT2D eigenvalue weighted by atomic mass is 10.3. The van der Waals surface area contributed by atoms with Crippen LogP contribution in [0.2, 0.25) is 0 Å². The second kappa shape index (κ2) is 6.81. The maximum atomic E-state index is 13.3. The number of pyridine rings is 2. The quantitative estimate of drug-likeness (QED) is 0.565. The lowest BCUT2D eigenvalue weighted by Gasteiger charge is -2.08. The second-order valence-electron chi connectivity index (χ2n) is 5.42. The normalized spacial score (nSPS) is 11.0. The molecule has 0 spiro atoms. The minimum absolute atomic E-state index is 0.00978.